The van der Waals surface area contributed by atoms with E-state index in [0.717, 1.165) is 12.8 Å². The summed E-state index contributed by atoms with van der Waals surface area (Å²) in [7, 11) is 4.27. The molecule has 0 N–H and O–H groups in total. The molecule has 17 heavy (non-hydrogen) atoms. The number of carbonyl (C=O) groups excluding carboxylic acids is 1. The number of carbonyl (C=O) groups is 1. The molecule has 3 nitrogen and oxygen atoms in total. The Hall–Kier alpha value is -0.410. The number of unbranched alkanes of at least 4 members (excludes halogenated alkanes) is 1. The van der Waals surface area contributed by atoms with Crippen molar-refractivity contribution in [3.05, 3.63) is 0 Å². The quantitative estimate of drug-likeness (QED) is 0.684. The van der Waals surface area contributed by atoms with Gasteiger partial charge in [-0.3, -0.25) is 9.69 Å². The predicted molar refractivity (Wildman–Crippen MR) is 70.2 cm³/mol. The number of hydrogen-bond donors (Lipinski definition) is 0. The topological polar surface area (TPSA) is 23.6 Å². The number of fused-ring (bicyclic) bond motifs is 2. The van der Waals surface area contributed by atoms with E-state index in [2.05, 4.69) is 23.9 Å². The van der Waals surface area contributed by atoms with Gasteiger partial charge in [0.25, 0.3) is 0 Å². The number of ketones is 1. The third-order valence-corrected chi connectivity index (χ3v) is 4.21. The van der Waals surface area contributed by atoms with E-state index in [4.69, 9.17) is 0 Å². The first kappa shape index (κ1) is 13.0. The standard InChI is InChI=1S/C14H26N2O/c1-15(2)8-3-4-9-16-12-6-5-7-13(16)11-14(17)10-12/h12-13H,3-11H2,1-2H3. The third-order valence-electron chi connectivity index (χ3n) is 4.21. The third kappa shape index (κ3) is 3.52. The van der Waals surface area contributed by atoms with E-state index in [9.17, 15) is 4.79 Å². The highest BCUT2D eigenvalue weighted by Gasteiger charge is 2.36. The lowest BCUT2D eigenvalue weighted by Gasteiger charge is -2.45. The largest absolute Gasteiger partial charge is 0.309 e. The van der Waals surface area contributed by atoms with E-state index in [0.29, 0.717) is 17.9 Å². The van der Waals surface area contributed by atoms with Crippen LogP contribution in [0.2, 0.25) is 0 Å². The average Bonchev–Trinajstić information content (AvgIpc) is 2.24. The van der Waals surface area contributed by atoms with Crippen molar-refractivity contribution in [1.29, 1.82) is 0 Å². The second-order valence-electron chi connectivity index (χ2n) is 5.93. The maximum absolute atomic E-state index is 11.6. The molecule has 0 aromatic rings. The zero-order chi connectivity index (χ0) is 12.3. The molecule has 2 heterocycles. The molecule has 2 rings (SSSR count). The van der Waals surface area contributed by atoms with Crippen LogP contribution >= 0.6 is 0 Å². The van der Waals surface area contributed by atoms with Crippen LogP contribution in [0, 0.1) is 0 Å². The van der Waals surface area contributed by atoms with Gasteiger partial charge in [-0.15, -0.1) is 0 Å². The first-order valence-electron chi connectivity index (χ1n) is 7.09. The van der Waals surface area contributed by atoms with Gasteiger partial charge < -0.3 is 4.90 Å². The lowest BCUT2D eigenvalue weighted by Crippen LogP contribution is -2.52. The summed E-state index contributed by atoms with van der Waals surface area (Å²) >= 11 is 0. The van der Waals surface area contributed by atoms with Crippen molar-refractivity contribution in [2.45, 2.75) is 57.0 Å². The van der Waals surface area contributed by atoms with Crippen LogP contribution in [0.3, 0.4) is 0 Å². The van der Waals surface area contributed by atoms with Crippen LogP contribution in [0.4, 0.5) is 0 Å². The van der Waals surface area contributed by atoms with Gasteiger partial charge in [0, 0.05) is 24.9 Å². The Morgan fingerprint density at radius 2 is 1.82 bits per heavy atom. The lowest BCUT2D eigenvalue weighted by atomic mass is 9.83. The van der Waals surface area contributed by atoms with Gasteiger partial charge in [0.1, 0.15) is 5.78 Å². The van der Waals surface area contributed by atoms with Gasteiger partial charge in [0.05, 0.1) is 0 Å². The average molecular weight is 238 g/mol. The monoisotopic (exact) mass is 238 g/mol. The van der Waals surface area contributed by atoms with Crippen molar-refractivity contribution in [2.24, 2.45) is 0 Å². The van der Waals surface area contributed by atoms with Gasteiger partial charge in [-0.1, -0.05) is 6.42 Å². The van der Waals surface area contributed by atoms with Gasteiger partial charge in [0.15, 0.2) is 0 Å². The number of piperidine rings is 2. The minimum absolute atomic E-state index is 0.504. The van der Waals surface area contributed by atoms with Crippen molar-refractivity contribution >= 4 is 5.78 Å². The zero-order valence-electron chi connectivity index (χ0n) is 11.3. The van der Waals surface area contributed by atoms with E-state index in [1.807, 2.05) is 0 Å². The van der Waals surface area contributed by atoms with Crippen molar-refractivity contribution in [2.75, 3.05) is 27.2 Å². The molecule has 3 heteroatoms. The fourth-order valence-electron chi connectivity index (χ4n) is 3.35. The zero-order valence-corrected chi connectivity index (χ0v) is 11.3. The Bertz CT molecular complexity index is 249. The summed E-state index contributed by atoms with van der Waals surface area (Å²) < 4.78 is 0. The molecule has 2 fully saturated rings. The summed E-state index contributed by atoms with van der Waals surface area (Å²) in [6.07, 6.45) is 8.02. The smallest absolute Gasteiger partial charge is 0.136 e. The Morgan fingerprint density at radius 3 is 2.41 bits per heavy atom. The van der Waals surface area contributed by atoms with Gasteiger partial charge in [-0.2, -0.15) is 0 Å². The number of Topliss-reactive ketones (excluding diaryl/α,β-unsaturated/α-hetero) is 1. The first-order chi connectivity index (χ1) is 8.16. The van der Waals surface area contributed by atoms with E-state index in [-0.39, 0.29) is 0 Å². The molecule has 0 radical (unpaired) electrons. The van der Waals surface area contributed by atoms with Crippen molar-refractivity contribution in [3.63, 3.8) is 0 Å². The fraction of sp³-hybridized carbons (Fsp3) is 0.929. The van der Waals surface area contributed by atoms with Crippen LogP contribution in [0.25, 0.3) is 0 Å². The number of hydrogen-bond acceptors (Lipinski definition) is 3. The van der Waals surface area contributed by atoms with E-state index < -0.39 is 0 Å². The molecule has 0 aromatic carbocycles. The highest BCUT2D eigenvalue weighted by molar-refractivity contribution is 5.80. The minimum Gasteiger partial charge on any atom is -0.309 e. The molecular formula is C14H26N2O. The molecule has 2 bridgehead atoms. The highest BCUT2D eigenvalue weighted by atomic mass is 16.1. The summed E-state index contributed by atoms with van der Waals surface area (Å²) in [5, 5.41) is 0. The van der Waals surface area contributed by atoms with Crippen LogP contribution in [-0.2, 0) is 4.79 Å². The summed E-state index contributed by atoms with van der Waals surface area (Å²) in [6, 6.07) is 1.16. The van der Waals surface area contributed by atoms with E-state index >= 15 is 0 Å². The van der Waals surface area contributed by atoms with Crippen LogP contribution in [0.1, 0.15) is 44.9 Å². The van der Waals surface area contributed by atoms with Gasteiger partial charge in [-0.25, -0.2) is 0 Å². The van der Waals surface area contributed by atoms with Gasteiger partial charge in [0.2, 0.25) is 0 Å². The molecule has 0 saturated carbocycles. The van der Waals surface area contributed by atoms with E-state index in [1.165, 1.54) is 45.2 Å². The van der Waals surface area contributed by atoms with Crippen LogP contribution in [-0.4, -0.2) is 54.9 Å². The van der Waals surface area contributed by atoms with Crippen LogP contribution in [0.15, 0.2) is 0 Å². The predicted octanol–water partition coefficient (Wildman–Crippen LogP) is 1.91. The molecule has 0 aromatic heterocycles. The molecule has 2 atom stereocenters. The summed E-state index contributed by atoms with van der Waals surface area (Å²) in [4.78, 5) is 16.5. The van der Waals surface area contributed by atoms with Gasteiger partial charge in [-0.05, 0) is 52.9 Å². The number of rotatable bonds is 5. The molecule has 0 aliphatic carbocycles. The number of nitrogens with zero attached hydrogens (tertiary/aromatic N) is 2. The molecule has 2 aliphatic heterocycles. The lowest BCUT2D eigenvalue weighted by molar-refractivity contribution is -0.127. The summed E-state index contributed by atoms with van der Waals surface area (Å²) in [6.45, 7) is 2.39. The Kier molecular flexibility index (Phi) is 4.57. The Labute approximate surface area is 105 Å². The highest BCUT2D eigenvalue weighted by Crippen LogP contribution is 2.32. The summed E-state index contributed by atoms with van der Waals surface area (Å²) in [5.74, 6) is 0.504. The Morgan fingerprint density at radius 1 is 1.18 bits per heavy atom. The van der Waals surface area contributed by atoms with Crippen molar-refractivity contribution in [3.8, 4) is 0 Å². The first-order valence-corrected chi connectivity index (χ1v) is 7.09. The molecule has 2 aliphatic rings. The SMILES string of the molecule is CN(C)CCCCN1C2CCCC1CC(=O)C2. The minimum atomic E-state index is 0.504. The molecule has 0 amide bonds. The second kappa shape index (κ2) is 5.96. The van der Waals surface area contributed by atoms with Crippen molar-refractivity contribution < 1.29 is 4.79 Å². The molecule has 0 spiro atoms. The van der Waals surface area contributed by atoms with Crippen molar-refractivity contribution in [1.82, 2.24) is 9.80 Å². The maximum atomic E-state index is 11.6. The molecule has 2 saturated heterocycles. The van der Waals surface area contributed by atoms with Crippen LogP contribution < -0.4 is 0 Å². The summed E-state index contributed by atoms with van der Waals surface area (Å²) in [5.41, 5.74) is 0. The molecule has 2 unspecified atom stereocenters. The Balaban J connectivity index is 1.77. The molecule has 98 valence electrons. The maximum Gasteiger partial charge on any atom is 0.136 e. The fourth-order valence-corrected chi connectivity index (χ4v) is 3.35. The second-order valence-corrected chi connectivity index (χ2v) is 5.93. The van der Waals surface area contributed by atoms with Crippen LogP contribution in [0.5, 0.6) is 0 Å². The molecular weight excluding hydrogens is 212 g/mol. The van der Waals surface area contributed by atoms with Gasteiger partial charge >= 0.3 is 0 Å². The normalized spacial score (nSPS) is 29.9. The van der Waals surface area contributed by atoms with E-state index in [1.54, 1.807) is 0 Å².